The first-order valence-electron chi connectivity index (χ1n) is 6.17. The summed E-state index contributed by atoms with van der Waals surface area (Å²) in [5.74, 6) is 0.876. The van der Waals surface area contributed by atoms with Gasteiger partial charge < -0.3 is 15.5 Å². The van der Waals surface area contributed by atoms with Crippen LogP contribution in [0.4, 0.5) is 0 Å². The Morgan fingerprint density at radius 3 is 2.83 bits per heavy atom. The summed E-state index contributed by atoms with van der Waals surface area (Å²) in [6.45, 7) is 2.19. The normalized spacial score (nSPS) is 12.2. The number of unbranched alkanes of at least 4 members (excludes halogenated alkanes) is 1. The Hall–Kier alpha value is -1.19. The molecule has 1 heterocycles. The first kappa shape index (κ1) is 14.9. The third-order valence-corrected chi connectivity index (χ3v) is 3.19. The van der Waals surface area contributed by atoms with Crippen LogP contribution in [0.1, 0.15) is 37.8 Å². The van der Waals surface area contributed by atoms with Crippen LogP contribution >= 0.6 is 12.4 Å². The molecule has 1 aromatic carbocycles. The summed E-state index contributed by atoms with van der Waals surface area (Å²) in [5, 5.41) is 1.17. The van der Waals surface area contributed by atoms with E-state index in [0.717, 1.165) is 24.1 Å². The van der Waals surface area contributed by atoms with Gasteiger partial charge in [-0.1, -0.05) is 19.8 Å². The summed E-state index contributed by atoms with van der Waals surface area (Å²) in [6.07, 6.45) is 5.39. The van der Waals surface area contributed by atoms with Crippen molar-refractivity contribution in [3.63, 3.8) is 0 Å². The van der Waals surface area contributed by atoms with Crippen molar-refractivity contribution in [3.8, 4) is 5.75 Å². The van der Waals surface area contributed by atoms with Gasteiger partial charge in [0, 0.05) is 23.1 Å². The summed E-state index contributed by atoms with van der Waals surface area (Å²) in [4.78, 5) is 3.26. The second kappa shape index (κ2) is 6.66. The molecule has 3 N–H and O–H groups in total. The number of hydrogen-bond donors (Lipinski definition) is 2. The number of benzene rings is 1. The molecular formula is C14H21ClN2O. The van der Waals surface area contributed by atoms with E-state index in [2.05, 4.69) is 11.9 Å². The summed E-state index contributed by atoms with van der Waals surface area (Å²) in [6, 6.07) is 6.15. The van der Waals surface area contributed by atoms with Crippen LogP contribution in [-0.2, 0) is 0 Å². The van der Waals surface area contributed by atoms with Gasteiger partial charge in [-0.05, 0) is 30.2 Å². The third-order valence-electron chi connectivity index (χ3n) is 3.19. The van der Waals surface area contributed by atoms with Crippen LogP contribution in [0.5, 0.6) is 5.75 Å². The molecule has 0 aliphatic heterocycles. The lowest BCUT2D eigenvalue weighted by atomic mass is 10.0. The summed E-state index contributed by atoms with van der Waals surface area (Å²) < 4.78 is 5.25. The van der Waals surface area contributed by atoms with Gasteiger partial charge in [0.15, 0.2) is 0 Å². The quantitative estimate of drug-likeness (QED) is 0.867. The number of methoxy groups -OCH3 is 1. The van der Waals surface area contributed by atoms with Crippen LogP contribution in [0.15, 0.2) is 24.4 Å². The molecule has 3 nitrogen and oxygen atoms in total. The van der Waals surface area contributed by atoms with E-state index in [1.54, 1.807) is 7.11 Å². The zero-order chi connectivity index (χ0) is 12.3. The topological polar surface area (TPSA) is 51.0 Å². The summed E-state index contributed by atoms with van der Waals surface area (Å²) >= 11 is 0. The van der Waals surface area contributed by atoms with E-state index in [1.165, 1.54) is 17.4 Å². The third kappa shape index (κ3) is 2.98. The van der Waals surface area contributed by atoms with Crippen LogP contribution in [-0.4, -0.2) is 12.1 Å². The number of aromatic amines is 1. The summed E-state index contributed by atoms with van der Waals surface area (Å²) in [7, 11) is 1.69. The molecule has 4 heteroatoms. The Kier molecular flexibility index (Phi) is 5.51. The highest BCUT2D eigenvalue weighted by molar-refractivity contribution is 5.85. The van der Waals surface area contributed by atoms with Gasteiger partial charge in [-0.25, -0.2) is 0 Å². The average Bonchev–Trinajstić information content (AvgIpc) is 2.78. The van der Waals surface area contributed by atoms with E-state index in [0.29, 0.717) is 0 Å². The fourth-order valence-corrected chi connectivity index (χ4v) is 2.13. The lowest BCUT2D eigenvalue weighted by Crippen LogP contribution is -2.09. The molecule has 0 aliphatic carbocycles. The first-order chi connectivity index (χ1) is 8.26. The molecule has 2 rings (SSSR count). The molecule has 2 aromatic rings. The number of ether oxygens (including phenoxy) is 1. The van der Waals surface area contributed by atoms with E-state index < -0.39 is 0 Å². The van der Waals surface area contributed by atoms with Crippen molar-refractivity contribution in [2.75, 3.05) is 7.11 Å². The predicted octanol–water partition coefficient (Wildman–Crippen LogP) is 3.79. The first-order valence-corrected chi connectivity index (χ1v) is 6.17. The smallest absolute Gasteiger partial charge is 0.119 e. The zero-order valence-electron chi connectivity index (χ0n) is 10.9. The Morgan fingerprint density at radius 2 is 2.17 bits per heavy atom. The maximum atomic E-state index is 6.22. The van der Waals surface area contributed by atoms with E-state index in [9.17, 15) is 0 Å². The maximum Gasteiger partial charge on any atom is 0.119 e. The molecule has 0 saturated heterocycles. The van der Waals surface area contributed by atoms with Gasteiger partial charge in [0.1, 0.15) is 5.75 Å². The zero-order valence-corrected chi connectivity index (χ0v) is 11.7. The molecule has 0 aliphatic rings. The highest BCUT2D eigenvalue weighted by atomic mass is 35.5. The molecule has 1 atom stereocenters. The van der Waals surface area contributed by atoms with E-state index >= 15 is 0 Å². The summed E-state index contributed by atoms with van der Waals surface area (Å²) in [5.41, 5.74) is 8.53. The predicted molar refractivity (Wildman–Crippen MR) is 78.6 cm³/mol. The molecule has 0 fully saturated rings. The van der Waals surface area contributed by atoms with E-state index in [-0.39, 0.29) is 18.4 Å². The van der Waals surface area contributed by atoms with Crippen molar-refractivity contribution in [3.05, 3.63) is 30.0 Å². The van der Waals surface area contributed by atoms with Crippen molar-refractivity contribution in [2.45, 2.75) is 32.2 Å². The van der Waals surface area contributed by atoms with Gasteiger partial charge in [0.25, 0.3) is 0 Å². The Morgan fingerprint density at radius 1 is 1.39 bits per heavy atom. The molecule has 0 radical (unpaired) electrons. The number of aromatic nitrogens is 1. The number of halogens is 1. The fraction of sp³-hybridized carbons (Fsp3) is 0.429. The standard InChI is InChI=1S/C14H20N2O.ClH/c1-3-4-5-13(15)12-9-16-14-7-6-10(17-2)8-11(12)14;/h6-9,13,16H,3-5,15H2,1-2H3;1H/t13-;/m0./s1. The highest BCUT2D eigenvalue weighted by Gasteiger charge is 2.11. The van der Waals surface area contributed by atoms with Crippen molar-refractivity contribution in [1.82, 2.24) is 4.98 Å². The Bertz CT molecular complexity index is 495. The monoisotopic (exact) mass is 268 g/mol. The number of fused-ring (bicyclic) bond motifs is 1. The second-order valence-electron chi connectivity index (χ2n) is 4.40. The molecule has 0 amide bonds. The number of nitrogens with one attached hydrogen (secondary N) is 1. The lowest BCUT2D eigenvalue weighted by Gasteiger charge is -2.10. The maximum absolute atomic E-state index is 6.22. The van der Waals surface area contributed by atoms with Crippen molar-refractivity contribution in [2.24, 2.45) is 5.73 Å². The molecule has 18 heavy (non-hydrogen) atoms. The molecule has 0 unspecified atom stereocenters. The van der Waals surface area contributed by atoms with Gasteiger partial charge in [-0.2, -0.15) is 0 Å². The molecular weight excluding hydrogens is 248 g/mol. The molecule has 100 valence electrons. The number of H-pyrrole nitrogens is 1. The van der Waals surface area contributed by atoms with Crippen LogP contribution in [0.25, 0.3) is 10.9 Å². The van der Waals surface area contributed by atoms with Crippen molar-refractivity contribution < 1.29 is 4.74 Å². The van der Waals surface area contributed by atoms with E-state index in [1.807, 2.05) is 24.4 Å². The Balaban J connectivity index is 0.00000162. The molecule has 0 saturated carbocycles. The fourth-order valence-electron chi connectivity index (χ4n) is 2.13. The lowest BCUT2D eigenvalue weighted by molar-refractivity contribution is 0.415. The number of rotatable bonds is 5. The van der Waals surface area contributed by atoms with Crippen LogP contribution in [0.3, 0.4) is 0 Å². The SMILES string of the molecule is CCCC[C@H](N)c1c[nH]c2ccc(OC)cc12.Cl. The molecule has 0 spiro atoms. The minimum Gasteiger partial charge on any atom is -0.497 e. The van der Waals surface area contributed by atoms with Gasteiger partial charge in [-0.3, -0.25) is 0 Å². The Labute approximate surface area is 114 Å². The second-order valence-corrected chi connectivity index (χ2v) is 4.40. The van der Waals surface area contributed by atoms with Crippen molar-refractivity contribution >= 4 is 23.3 Å². The minimum atomic E-state index is 0. The van der Waals surface area contributed by atoms with E-state index in [4.69, 9.17) is 10.5 Å². The minimum absolute atomic E-state index is 0. The largest absolute Gasteiger partial charge is 0.497 e. The van der Waals surface area contributed by atoms with Gasteiger partial charge >= 0.3 is 0 Å². The van der Waals surface area contributed by atoms with Crippen LogP contribution in [0.2, 0.25) is 0 Å². The highest BCUT2D eigenvalue weighted by Crippen LogP contribution is 2.28. The molecule has 1 aromatic heterocycles. The van der Waals surface area contributed by atoms with Gasteiger partial charge in [0.05, 0.1) is 7.11 Å². The number of hydrogen-bond acceptors (Lipinski definition) is 2. The number of nitrogens with two attached hydrogens (primary N) is 1. The average molecular weight is 269 g/mol. The van der Waals surface area contributed by atoms with Gasteiger partial charge in [-0.15, -0.1) is 12.4 Å². The van der Waals surface area contributed by atoms with Gasteiger partial charge in [0.2, 0.25) is 0 Å². The van der Waals surface area contributed by atoms with Crippen molar-refractivity contribution in [1.29, 1.82) is 0 Å². The molecule has 0 bridgehead atoms. The van der Waals surface area contributed by atoms with Crippen LogP contribution in [0, 0.1) is 0 Å². The van der Waals surface area contributed by atoms with Crippen LogP contribution < -0.4 is 10.5 Å².